The number of halogens is 2. The molecule has 0 spiro atoms. The molecule has 1 aliphatic rings. The van der Waals surface area contributed by atoms with E-state index >= 15 is 0 Å². The fourth-order valence-electron chi connectivity index (χ4n) is 2.69. The van der Waals surface area contributed by atoms with Crippen molar-refractivity contribution >= 4 is 38.6 Å². The summed E-state index contributed by atoms with van der Waals surface area (Å²) < 4.78 is 20.6. The van der Waals surface area contributed by atoms with E-state index < -0.39 is 17.3 Å². The molecule has 1 fully saturated rings. The molecule has 2 heterocycles. The van der Waals surface area contributed by atoms with Gasteiger partial charge in [0.05, 0.1) is 23.2 Å². The zero-order valence-corrected chi connectivity index (χ0v) is 16.3. The van der Waals surface area contributed by atoms with E-state index in [1.54, 1.807) is 18.2 Å². The number of amides is 1. The fourth-order valence-corrected chi connectivity index (χ4v) is 3.06. The number of rotatable bonds is 5. The van der Waals surface area contributed by atoms with Crippen LogP contribution < -0.4 is 15.6 Å². The highest BCUT2D eigenvalue weighted by atomic mass is 79.9. The lowest BCUT2D eigenvalue weighted by Gasteiger charge is -2.12. The van der Waals surface area contributed by atoms with Crippen molar-refractivity contribution in [3.63, 3.8) is 0 Å². The first-order chi connectivity index (χ1) is 13.4. The van der Waals surface area contributed by atoms with Crippen LogP contribution in [0.2, 0.25) is 0 Å². The van der Waals surface area contributed by atoms with Crippen LogP contribution in [-0.2, 0) is 11.3 Å². The Labute approximate surface area is 166 Å². The van der Waals surface area contributed by atoms with Crippen LogP contribution in [-0.4, -0.2) is 31.8 Å². The number of ether oxygens (including phenoxy) is 1. The van der Waals surface area contributed by atoms with Crippen LogP contribution in [0, 0.1) is 11.7 Å². The first kappa shape index (κ1) is 18.5. The molecule has 1 aliphatic carbocycles. The van der Waals surface area contributed by atoms with Crippen molar-refractivity contribution < 1.29 is 13.9 Å². The lowest BCUT2D eigenvalue weighted by Crippen LogP contribution is -2.30. The molecular weight excluding hydrogens is 433 g/mol. The molecule has 1 unspecified atom stereocenters. The maximum atomic E-state index is 12.9. The average molecular weight is 448 g/mol. The molecule has 1 amide bonds. The molecule has 0 radical (unpaired) electrons. The molecule has 2 atom stereocenters. The summed E-state index contributed by atoms with van der Waals surface area (Å²) in [6.07, 6.45) is 2.83. The summed E-state index contributed by atoms with van der Waals surface area (Å²) in [5.41, 5.74) is -0.422. The third kappa shape index (κ3) is 3.86. The summed E-state index contributed by atoms with van der Waals surface area (Å²) >= 11 is 3.39. The van der Waals surface area contributed by atoms with Gasteiger partial charge in [-0.1, -0.05) is 22.9 Å². The second kappa shape index (κ2) is 7.27. The first-order valence-electron chi connectivity index (χ1n) is 8.55. The normalized spacial score (nSPS) is 18.1. The minimum atomic E-state index is -0.618. The van der Waals surface area contributed by atoms with Gasteiger partial charge < -0.3 is 4.74 Å². The van der Waals surface area contributed by atoms with Gasteiger partial charge in [0.2, 0.25) is 17.7 Å². The van der Waals surface area contributed by atoms with Crippen LogP contribution in [0.1, 0.15) is 13.3 Å². The molecule has 8 nitrogen and oxygen atoms in total. The molecule has 10 heteroatoms. The Hall–Kier alpha value is -2.88. The number of hydrogen-bond acceptors (Lipinski definition) is 6. The Kier molecular flexibility index (Phi) is 4.80. The molecule has 1 aromatic carbocycles. The minimum absolute atomic E-state index is 0.0436. The fraction of sp³-hybridized carbons (Fsp3) is 0.278. The third-order valence-corrected chi connectivity index (χ3v) is 4.85. The van der Waals surface area contributed by atoms with Crippen LogP contribution in [0.4, 0.5) is 10.3 Å². The van der Waals surface area contributed by atoms with Gasteiger partial charge in [0, 0.05) is 4.47 Å². The lowest BCUT2D eigenvalue weighted by molar-refractivity contribution is -0.117. The molecule has 2 aromatic heterocycles. The van der Waals surface area contributed by atoms with Gasteiger partial charge in [0.25, 0.3) is 5.56 Å². The van der Waals surface area contributed by atoms with E-state index in [1.807, 2.05) is 0 Å². The van der Waals surface area contributed by atoms with Crippen LogP contribution in [0.25, 0.3) is 10.8 Å². The number of anilines is 1. The predicted octanol–water partition coefficient (Wildman–Crippen LogP) is 2.51. The lowest BCUT2D eigenvalue weighted by atomic mass is 10.2. The van der Waals surface area contributed by atoms with E-state index in [-0.39, 0.29) is 18.6 Å². The van der Waals surface area contributed by atoms with Crippen molar-refractivity contribution in [2.24, 2.45) is 5.92 Å². The van der Waals surface area contributed by atoms with Gasteiger partial charge in [-0.3, -0.25) is 14.9 Å². The van der Waals surface area contributed by atoms with Gasteiger partial charge in [-0.2, -0.15) is 0 Å². The number of fused-ring (bicyclic) bond motifs is 1. The highest BCUT2D eigenvalue weighted by Crippen LogP contribution is 2.35. The highest BCUT2D eigenvalue weighted by Gasteiger charge is 2.36. The van der Waals surface area contributed by atoms with Crippen molar-refractivity contribution in [1.29, 1.82) is 0 Å². The summed E-state index contributed by atoms with van der Waals surface area (Å²) in [5.74, 6) is -0.525. The van der Waals surface area contributed by atoms with Gasteiger partial charge in [0.15, 0.2) is 5.82 Å². The molecule has 28 heavy (non-hydrogen) atoms. The summed E-state index contributed by atoms with van der Waals surface area (Å²) in [6, 6.07) is 5.16. The van der Waals surface area contributed by atoms with Crippen molar-refractivity contribution in [3.8, 4) is 5.88 Å². The Morgan fingerprint density at radius 1 is 1.36 bits per heavy atom. The molecule has 0 bridgehead atoms. The van der Waals surface area contributed by atoms with E-state index in [1.165, 1.54) is 0 Å². The Morgan fingerprint density at radius 2 is 2.07 bits per heavy atom. The van der Waals surface area contributed by atoms with Gasteiger partial charge in [-0.05, 0) is 30.5 Å². The number of hydrogen-bond donors (Lipinski definition) is 1. The SMILES string of the molecule is C[C@@H]1CC1Oc1nn(CC(=O)Nc2ncc(F)cn2)c(=O)c2ccc(Br)cc12. The summed E-state index contributed by atoms with van der Waals surface area (Å²) in [4.78, 5) is 32.4. The second-order valence-corrected chi connectivity index (χ2v) is 7.52. The van der Waals surface area contributed by atoms with Gasteiger partial charge in [-0.25, -0.2) is 19.0 Å². The summed E-state index contributed by atoms with van der Waals surface area (Å²) in [5, 5.41) is 7.63. The van der Waals surface area contributed by atoms with E-state index in [0.717, 1.165) is 28.0 Å². The molecule has 144 valence electrons. The zero-order chi connectivity index (χ0) is 19.8. The van der Waals surface area contributed by atoms with E-state index in [4.69, 9.17) is 4.74 Å². The molecule has 0 saturated heterocycles. The smallest absolute Gasteiger partial charge is 0.275 e. The van der Waals surface area contributed by atoms with Crippen molar-refractivity contribution in [2.45, 2.75) is 26.0 Å². The maximum Gasteiger partial charge on any atom is 0.275 e. The minimum Gasteiger partial charge on any atom is -0.473 e. The van der Waals surface area contributed by atoms with E-state index in [9.17, 15) is 14.0 Å². The molecule has 1 N–H and O–H groups in total. The Morgan fingerprint density at radius 3 is 2.75 bits per heavy atom. The van der Waals surface area contributed by atoms with Gasteiger partial charge >= 0.3 is 0 Å². The molecule has 1 saturated carbocycles. The number of carbonyl (C=O) groups excluding carboxylic acids is 1. The average Bonchev–Trinajstić information content (AvgIpc) is 3.35. The van der Waals surface area contributed by atoms with E-state index in [2.05, 4.69) is 43.2 Å². The van der Waals surface area contributed by atoms with Crippen molar-refractivity contribution in [1.82, 2.24) is 19.7 Å². The topological polar surface area (TPSA) is 99.0 Å². The summed E-state index contributed by atoms with van der Waals surface area (Å²) in [7, 11) is 0. The number of carbonyl (C=O) groups is 1. The van der Waals surface area contributed by atoms with Gasteiger partial charge in [-0.15, -0.1) is 5.10 Å². The molecule has 4 rings (SSSR count). The first-order valence-corrected chi connectivity index (χ1v) is 9.34. The molecular formula is C18H15BrFN5O3. The van der Waals surface area contributed by atoms with Crippen LogP contribution in [0.15, 0.2) is 39.9 Å². The highest BCUT2D eigenvalue weighted by molar-refractivity contribution is 9.10. The van der Waals surface area contributed by atoms with Crippen molar-refractivity contribution in [2.75, 3.05) is 5.32 Å². The van der Waals surface area contributed by atoms with Crippen LogP contribution in [0.3, 0.4) is 0 Å². The second-order valence-electron chi connectivity index (χ2n) is 6.60. The predicted molar refractivity (Wildman–Crippen MR) is 103 cm³/mol. The van der Waals surface area contributed by atoms with E-state index in [0.29, 0.717) is 22.6 Å². The van der Waals surface area contributed by atoms with Gasteiger partial charge in [0.1, 0.15) is 12.6 Å². The van der Waals surface area contributed by atoms with Crippen molar-refractivity contribution in [3.05, 3.63) is 51.2 Å². The summed E-state index contributed by atoms with van der Waals surface area (Å²) in [6.45, 7) is 1.71. The Bertz CT molecular complexity index is 1120. The molecule has 0 aliphatic heterocycles. The zero-order valence-electron chi connectivity index (χ0n) is 14.7. The maximum absolute atomic E-state index is 12.9. The quantitative estimate of drug-likeness (QED) is 0.644. The molecule has 3 aromatic rings. The standard InChI is InChI=1S/C18H15BrFN5O3/c1-9-4-14(9)28-16-13-5-10(19)2-3-12(13)17(27)25(24-16)8-15(26)23-18-21-6-11(20)7-22-18/h2-3,5-7,9,14H,4,8H2,1H3,(H,21,22,23,26)/t9-,14?/m1/s1. The third-order valence-electron chi connectivity index (χ3n) is 4.35. The number of nitrogens with one attached hydrogen (secondary N) is 1. The largest absolute Gasteiger partial charge is 0.473 e. The number of aromatic nitrogens is 4. The monoisotopic (exact) mass is 447 g/mol. The van der Waals surface area contributed by atoms with Crippen LogP contribution >= 0.6 is 15.9 Å². The Balaban J connectivity index is 1.65. The number of benzene rings is 1. The number of nitrogens with zero attached hydrogens (tertiary/aromatic N) is 4. The van der Waals surface area contributed by atoms with Crippen LogP contribution in [0.5, 0.6) is 5.88 Å².